The highest BCUT2D eigenvalue weighted by Gasteiger charge is 2.30. The molecule has 0 unspecified atom stereocenters. The normalized spacial score (nSPS) is 19.0. The summed E-state index contributed by atoms with van der Waals surface area (Å²) in [5, 5.41) is 10.3. The maximum atomic E-state index is 10.3. The van der Waals surface area contributed by atoms with Crippen molar-refractivity contribution in [3.05, 3.63) is 28.2 Å². The van der Waals surface area contributed by atoms with E-state index in [1.165, 1.54) is 12.0 Å². The van der Waals surface area contributed by atoms with E-state index in [4.69, 9.17) is 4.74 Å². The molecule has 1 aromatic rings. The second kappa shape index (κ2) is 5.40. The molecule has 0 spiro atoms. The van der Waals surface area contributed by atoms with Crippen LogP contribution >= 0.6 is 15.9 Å². The molecule has 0 heterocycles. The first-order valence-electron chi connectivity index (χ1n) is 6.20. The van der Waals surface area contributed by atoms with Crippen molar-refractivity contribution in [2.75, 3.05) is 6.61 Å². The van der Waals surface area contributed by atoms with Gasteiger partial charge in [0.05, 0.1) is 10.1 Å². The highest BCUT2D eigenvalue weighted by atomic mass is 79.9. The van der Waals surface area contributed by atoms with Crippen LogP contribution in [-0.2, 0) is 0 Å². The maximum absolute atomic E-state index is 10.3. The quantitative estimate of drug-likeness (QED) is 0.919. The Morgan fingerprint density at radius 2 is 2.00 bits per heavy atom. The number of aryl methyl sites for hydroxylation is 1. The van der Waals surface area contributed by atoms with Crippen LogP contribution in [0.25, 0.3) is 0 Å². The molecule has 0 atom stereocenters. The van der Waals surface area contributed by atoms with Gasteiger partial charge in [0.25, 0.3) is 0 Å². The van der Waals surface area contributed by atoms with Gasteiger partial charge in [0, 0.05) is 0 Å². The molecule has 0 saturated heterocycles. The summed E-state index contributed by atoms with van der Waals surface area (Å²) in [5.74, 6) is 0.814. The molecule has 1 fully saturated rings. The van der Waals surface area contributed by atoms with Crippen LogP contribution in [0, 0.1) is 6.92 Å². The van der Waals surface area contributed by atoms with E-state index in [9.17, 15) is 5.11 Å². The van der Waals surface area contributed by atoms with Crippen molar-refractivity contribution in [3.8, 4) is 5.75 Å². The fourth-order valence-electron chi connectivity index (χ4n) is 2.29. The van der Waals surface area contributed by atoms with Gasteiger partial charge in [-0.1, -0.05) is 25.3 Å². The number of rotatable bonds is 3. The molecule has 3 heteroatoms. The van der Waals surface area contributed by atoms with E-state index in [0.29, 0.717) is 6.61 Å². The van der Waals surface area contributed by atoms with Crippen molar-refractivity contribution in [1.82, 2.24) is 0 Å². The van der Waals surface area contributed by atoms with Gasteiger partial charge in [-0.25, -0.2) is 0 Å². The summed E-state index contributed by atoms with van der Waals surface area (Å²) < 4.78 is 6.69. The van der Waals surface area contributed by atoms with Crippen LogP contribution in [0.2, 0.25) is 0 Å². The van der Waals surface area contributed by atoms with Gasteiger partial charge in [-0.05, 0) is 53.4 Å². The SMILES string of the molecule is Cc1ccc(OCC2(O)CCCCC2)c(Br)c1. The van der Waals surface area contributed by atoms with Gasteiger partial charge in [-0.15, -0.1) is 0 Å². The van der Waals surface area contributed by atoms with Crippen LogP contribution in [0.1, 0.15) is 37.7 Å². The topological polar surface area (TPSA) is 29.5 Å². The molecule has 17 heavy (non-hydrogen) atoms. The van der Waals surface area contributed by atoms with E-state index in [2.05, 4.69) is 15.9 Å². The van der Waals surface area contributed by atoms with Crippen LogP contribution in [-0.4, -0.2) is 17.3 Å². The Labute approximate surface area is 111 Å². The van der Waals surface area contributed by atoms with Crippen molar-refractivity contribution in [2.24, 2.45) is 0 Å². The zero-order chi connectivity index (χ0) is 12.3. The molecule has 1 aromatic carbocycles. The number of hydrogen-bond donors (Lipinski definition) is 1. The molecule has 1 saturated carbocycles. The molecule has 0 amide bonds. The molecule has 1 aliphatic rings. The summed E-state index contributed by atoms with van der Waals surface area (Å²) in [5.41, 5.74) is 0.573. The van der Waals surface area contributed by atoms with Crippen molar-refractivity contribution in [3.63, 3.8) is 0 Å². The number of ether oxygens (including phenoxy) is 1. The second-order valence-electron chi connectivity index (χ2n) is 5.01. The Morgan fingerprint density at radius 3 is 2.65 bits per heavy atom. The third-order valence-electron chi connectivity index (χ3n) is 3.37. The molecule has 2 nitrogen and oxygen atoms in total. The molecule has 94 valence electrons. The lowest BCUT2D eigenvalue weighted by Gasteiger charge is -2.31. The van der Waals surface area contributed by atoms with Crippen LogP contribution in [0.4, 0.5) is 0 Å². The lowest BCUT2D eigenvalue weighted by Crippen LogP contribution is -2.37. The van der Waals surface area contributed by atoms with Crippen molar-refractivity contribution < 1.29 is 9.84 Å². The minimum absolute atomic E-state index is 0.397. The summed E-state index contributed by atoms with van der Waals surface area (Å²) in [6.07, 6.45) is 5.16. The van der Waals surface area contributed by atoms with Gasteiger partial charge in [-0.3, -0.25) is 0 Å². The fourth-order valence-corrected chi connectivity index (χ4v) is 2.90. The lowest BCUT2D eigenvalue weighted by molar-refractivity contribution is -0.0340. The average Bonchev–Trinajstić information content (AvgIpc) is 2.29. The number of hydrogen-bond acceptors (Lipinski definition) is 2. The summed E-state index contributed by atoms with van der Waals surface area (Å²) in [4.78, 5) is 0. The zero-order valence-corrected chi connectivity index (χ0v) is 11.8. The first kappa shape index (κ1) is 12.9. The number of halogens is 1. The van der Waals surface area contributed by atoms with Crippen LogP contribution < -0.4 is 4.74 Å². The van der Waals surface area contributed by atoms with Gasteiger partial charge >= 0.3 is 0 Å². The smallest absolute Gasteiger partial charge is 0.133 e. The fraction of sp³-hybridized carbons (Fsp3) is 0.571. The van der Waals surface area contributed by atoms with E-state index in [1.807, 2.05) is 25.1 Å². The van der Waals surface area contributed by atoms with Gasteiger partial charge in [0.2, 0.25) is 0 Å². The van der Waals surface area contributed by atoms with Crippen LogP contribution in [0.15, 0.2) is 22.7 Å². The largest absolute Gasteiger partial charge is 0.489 e. The third-order valence-corrected chi connectivity index (χ3v) is 3.99. The highest BCUT2D eigenvalue weighted by molar-refractivity contribution is 9.10. The third kappa shape index (κ3) is 3.46. The van der Waals surface area contributed by atoms with Crippen molar-refractivity contribution >= 4 is 15.9 Å². The second-order valence-corrected chi connectivity index (χ2v) is 5.86. The standard InChI is InChI=1S/C14H19BrO2/c1-11-5-6-13(12(15)9-11)17-10-14(16)7-3-2-4-8-14/h5-6,9,16H,2-4,7-8,10H2,1H3. The Morgan fingerprint density at radius 1 is 1.29 bits per heavy atom. The summed E-state index contributed by atoms with van der Waals surface area (Å²) in [7, 11) is 0. The minimum atomic E-state index is -0.622. The Kier molecular flexibility index (Phi) is 4.10. The molecule has 0 aromatic heterocycles. The summed E-state index contributed by atoms with van der Waals surface area (Å²) in [6.45, 7) is 2.44. The Balaban J connectivity index is 1.97. The first-order valence-corrected chi connectivity index (χ1v) is 7.00. The van der Waals surface area contributed by atoms with E-state index in [-0.39, 0.29) is 0 Å². The van der Waals surface area contributed by atoms with Crippen LogP contribution in [0.5, 0.6) is 5.75 Å². The van der Waals surface area contributed by atoms with E-state index in [1.54, 1.807) is 0 Å². The molecule has 1 N–H and O–H groups in total. The molecule has 2 rings (SSSR count). The van der Waals surface area contributed by atoms with Gasteiger partial charge in [-0.2, -0.15) is 0 Å². The highest BCUT2D eigenvalue weighted by Crippen LogP contribution is 2.31. The predicted octanol–water partition coefficient (Wildman–Crippen LogP) is 3.83. The average molecular weight is 299 g/mol. The monoisotopic (exact) mass is 298 g/mol. The van der Waals surface area contributed by atoms with Gasteiger partial charge in [0.1, 0.15) is 12.4 Å². The lowest BCUT2D eigenvalue weighted by atomic mass is 9.85. The van der Waals surface area contributed by atoms with Gasteiger partial charge < -0.3 is 9.84 Å². The number of benzene rings is 1. The molecule has 0 aliphatic heterocycles. The summed E-state index contributed by atoms with van der Waals surface area (Å²) >= 11 is 3.48. The van der Waals surface area contributed by atoms with E-state index in [0.717, 1.165) is 35.9 Å². The minimum Gasteiger partial charge on any atom is -0.489 e. The molecule has 1 aliphatic carbocycles. The maximum Gasteiger partial charge on any atom is 0.133 e. The Bertz CT molecular complexity index is 384. The molecule has 0 radical (unpaired) electrons. The van der Waals surface area contributed by atoms with E-state index < -0.39 is 5.60 Å². The predicted molar refractivity (Wildman–Crippen MR) is 72.4 cm³/mol. The first-order chi connectivity index (χ1) is 8.09. The van der Waals surface area contributed by atoms with Crippen molar-refractivity contribution in [2.45, 2.75) is 44.6 Å². The van der Waals surface area contributed by atoms with Gasteiger partial charge in [0.15, 0.2) is 0 Å². The molecular weight excluding hydrogens is 280 g/mol. The molecular formula is C14H19BrO2. The zero-order valence-electron chi connectivity index (χ0n) is 10.2. The summed E-state index contributed by atoms with van der Waals surface area (Å²) in [6, 6.07) is 6.00. The Hall–Kier alpha value is -0.540. The van der Waals surface area contributed by atoms with Crippen molar-refractivity contribution in [1.29, 1.82) is 0 Å². The number of aliphatic hydroxyl groups is 1. The van der Waals surface area contributed by atoms with Crippen LogP contribution in [0.3, 0.4) is 0 Å². The molecule has 0 bridgehead atoms. The van der Waals surface area contributed by atoms with E-state index >= 15 is 0 Å².